The van der Waals surface area contributed by atoms with Gasteiger partial charge >= 0.3 is 12.2 Å². The molecule has 0 aliphatic carbocycles. The highest BCUT2D eigenvalue weighted by molar-refractivity contribution is 6.05. The fourth-order valence-electron chi connectivity index (χ4n) is 3.12. The smallest absolute Gasteiger partial charge is 0.417 e. The Morgan fingerprint density at radius 3 is 2.52 bits per heavy atom. The third kappa shape index (κ3) is 4.96. The summed E-state index contributed by atoms with van der Waals surface area (Å²) < 4.78 is 62.5. The number of carbonyl (C=O) groups is 3. The molecule has 1 aliphatic rings. The first kappa shape index (κ1) is 23.8. The lowest BCUT2D eigenvalue weighted by Crippen LogP contribution is -2.45. The predicted octanol–water partition coefficient (Wildman–Crippen LogP) is 3.26. The number of hydrogen-bond donors (Lipinski definition) is 1. The topological polar surface area (TPSA) is 101 Å². The Morgan fingerprint density at radius 2 is 1.94 bits per heavy atom. The number of pyridine rings is 1. The molecule has 33 heavy (non-hydrogen) atoms. The van der Waals surface area contributed by atoms with Gasteiger partial charge in [0.1, 0.15) is 17.5 Å². The SMILES string of the molecule is COc1ccc(Oc2ncc(C(F)(F)F)cc2F)cc1NC(=O)[C@@H]1CN(C)C(=O)N1C(C)=O. The average molecular weight is 470 g/mol. The summed E-state index contributed by atoms with van der Waals surface area (Å²) in [5.74, 6) is -3.26. The number of methoxy groups -OCH3 is 1. The predicted molar refractivity (Wildman–Crippen MR) is 105 cm³/mol. The number of carbonyl (C=O) groups excluding carboxylic acids is 3. The zero-order valence-corrected chi connectivity index (χ0v) is 17.6. The number of anilines is 1. The van der Waals surface area contributed by atoms with Crippen molar-refractivity contribution in [2.75, 3.05) is 26.0 Å². The highest BCUT2D eigenvalue weighted by atomic mass is 19.4. The van der Waals surface area contributed by atoms with Gasteiger partial charge < -0.3 is 19.7 Å². The molecule has 1 atom stereocenters. The van der Waals surface area contributed by atoms with E-state index < -0.39 is 47.3 Å². The number of urea groups is 1. The van der Waals surface area contributed by atoms with Crippen LogP contribution in [-0.2, 0) is 15.8 Å². The Balaban J connectivity index is 1.84. The quantitative estimate of drug-likeness (QED) is 0.674. The fourth-order valence-corrected chi connectivity index (χ4v) is 3.12. The summed E-state index contributed by atoms with van der Waals surface area (Å²) in [6, 6.07) is 2.43. The van der Waals surface area contributed by atoms with Gasteiger partial charge in [0, 0.05) is 26.2 Å². The zero-order chi connectivity index (χ0) is 24.5. The van der Waals surface area contributed by atoms with Gasteiger partial charge in [-0.3, -0.25) is 9.59 Å². The summed E-state index contributed by atoms with van der Waals surface area (Å²) in [5.41, 5.74) is -1.22. The first-order valence-electron chi connectivity index (χ1n) is 9.36. The third-order valence-corrected chi connectivity index (χ3v) is 4.71. The minimum Gasteiger partial charge on any atom is -0.495 e. The first-order chi connectivity index (χ1) is 15.4. The molecule has 0 radical (unpaired) electrons. The molecule has 2 aromatic rings. The van der Waals surface area contributed by atoms with Gasteiger partial charge in [-0.25, -0.2) is 19.1 Å². The molecule has 1 aromatic heterocycles. The average Bonchev–Trinajstić information content (AvgIpc) is 3.04. The molecule has 1 saturated heterocycles. The summed E-state index contributed by atoms with van der Waals surface area (Å²) in [6.07, 6.45) is -4.35. The molecule has 3 rings (SSSR count). The van der Waals surface area contributed by atoms with Gasteiger partial charge in [-0.15, -0.1) is 0 Å². The molecule has 1 N–H and O–H groups in total. The van der Waals surface area contributed by atoms with Crippen LogP contribution in [0.2, 0.25) is 0 Å². The van der Waals surface area contributed by atoms with Crippen LogP contribution in [0.1, 0.15) is 12.5 Å². The molecular weight excluding hydrogens is 452 g/mol. The number of nitrogens with zero attached hydrogens (tertiary/aromatic N) is 3. The van der Waals surface area contributed by atoms with Crippen LogP contribution in [0.3, 0.4) is 0 Å². The highest BCUT2D eigenvalue weighted by Crippen LogP contribution is 2.34. The largest absolute Gasteiger partial charge is 0.495 e. The van der Waals surface area contributed by atoms with Crippen LogP contribution < -0.4 is 14.8 Å². The summed E-state index contributed by atoms with van der Waals surface area (Å²) >= 11 is 0. The number of ether oxygens (including phenoxy) is 2. The molecule has 4 amide bonds. The van der Waals surface area contributed by atoms with E-state index in [0.717, 1.165) is 11.8 Å². The summed E-state index contributed by atoms with van der Waals surface area (Å²) in [5, 5.41) is 2.52. The van der Waals surface area contributed by atoms with Crippen LogP contribution in [0.25, 0.3) is 0 Å². The molecule has 13 heteroatoms. The van der Waals surface area contributed by atoms with Crippen LogP contribution in [0.4, 0.5) is 28.0 Å². The van der Waals surface area contributed by atoms with Crippen molar-refractivity contribution >= 4 is 23.5 Å². The van der Waals surface area contributed by atoms with E-state index in [2.05, 4.69) is 10.3 Å². The zero-order valence-electron chi connectivity index (χ0n) is 17.6. The van der Waals surface area contributed by atoms with E-state index in [1.807, 2.05) is 0 Å². The van der Waals surface area contributed by atoms with E-state index in [1.165, 1.54) is 37.3 Å². The second-order valence-electron chi connectivity index (χ2n) is 7.03. The number of imide groups is 1. The number of aromatic nitrogens is 1. The van der Waals surface area contributed by atoms with Gasteiger partial charge in [-0.2, -0.15) is 13.2 Å². The third-order valence-electron chi connectivity index (χ3n) is 4.71. The van der Waals surface area contributed by atoms with Crippen molar-refractivity contribution in [1.29, 1.82) is 0 Å². The van der Waals surface area contributed by atoms with Gasteiger partial charge in [0.05, 0.1) is 24.9 Å². The van der Waals surface area contributed by atoms with Gasteiger partial charge in [-0.05, 0) is 18.2 Å². The van der Waals surface area contributed by atoms with Crippen molar-refractivity contribution in [2.45, 2.75) is 19.1 Å². The number of likely N-dealkylation sites (N-methyl/N-ethyl adjacent to an activating group) is 1. The maximum absolute atomic E-state index is 14.1. The number of nitrogens with one attached hydrogen (secondary N) is 1. The van der Waals surface area contributed by atoms with E-state index in [1.54, 1.807) is 0 Å². The molecule has 2 heterocycles. The van der Waals surface area contributed by atoms with Gasteiger partial charge in [0.15, 0.2) is 5.82 Å². The Bertz CT molecular complexity index is 1110. The lowest BCUT2D eigenvalue weighted by atomic mass is 10.2. The van der Waals surface area contributed by atoms with Gasteiger partial charge in [-0.1, -0.05) is 0 Å². The number of hydrogen-bond acceptors (Lipinski definition) is 6. The number of alkyl halides is 3. The van der Waals surface area contributed by atoms with E-state index in [4.69, 9.17) is 9.47 Å². The van der Waals surface area contributed by atoms with Crippen LogP contribution in [0.5, 0.6) is 17.4 Å². The number of amides is 4. The second-order valence-corrected chi connectivity index (χ2v) is 7.03. The Labute approximate surface area is 184 Å². The minimum absolute atomic E-state index is 0.0383. The van der Waals surface area contributed by atoms with Crippen LogP contribution in [0, 0.1) is 5.82 Å². The number of benzene rings is 1. The molecule has 0 unspecified atom stereocenters. The van der Waals surface area contributed by atoms with Crippen molar-refractivity contribution in [3.05, 3.63) is 41.8 Å². The normalized spacial score (nSPS) is 16.1. The Kier molecular flexibility index (Phi) is 6.42. The van der Waals surface area contributed by atoms with E-state index in [0.29, 0.717) is 6.20 Å². The maximum Gasteiger partial charge on any atom is 0.417 e. The van der Waals surface area contributed by atoms with Crippen molar-refractivity contribution in [1.82, 2.24) is 14.8 Å². The van der Waals surface area contributed by atoms with Crippen molar-refractivity contribution < 1.29 is 41.4 Å². The van der Waals surface area contributed by atoms with Gasteiger partial charge in [0.25, 0.3) is 5.88 Å². The molecule has 0 saturated carbocycles. The molecule has 0 spiro atoms. The van der Waals surface area contributed by atoms with Crippen molar-refractivity contribution in [3.8, 4) is 17.4 Å². The lowest BCUT2D eigenvalue weighted by molar-refractivity contribution is -0.138. The lowest BCUT2D eigenvalue weighted by Gasteiger charge is -2.20. The summed E-state index contributed by atoms with van der Waals surface area (Å²) in [7, 11) is 2.75. The van der Waals surface area contributed by atoms with Crippen LogP contribution in [0.15, 0.2) is 30.5 Å². The van der Waals surface area contributed by atoms with E-state index >= 15 is 0 Å². The summed E-state index contributed by atoms with van der Waals surface area (Å²) in [4.78, 5) is 42.1. The minimum atomic E-state index is -4.77. The maximum atomic E-state index is 14.1. The standard InChI is InChI=1S/C20H18F4N4O5/c1-10(29)28-15(9-27(2)19(28)31)17(30)26-14-7-12(4-5-16(14)32-3)33-18-13(21)6-11(8-25-18)20(22,23)24/h4-8,15H,9H2,1-3H3,(H,26,30)/t15-/m0/s1. The van der Waals surface area contributed by atoms with Crippen molar-refractivity contribution in [3.63, 3.8) is 0 Å². The monoisotopic (exact) mass is 470 g/mol. The highest BCUT2D eigenvalue weighted by Gasteiger charge is 2.42. The molecule has 9 nitrogen and oxygen atoms in total. The van der Waals surface area contributed by atoms with Crippen LogP contribution in [-0.4, -0.2) is 59.4 Å². The molecule has 176 valence electrons. The Morgan fingerprint density at radius 1 is 1.24 bits per heavy atom. The first-order valence-corrected chi connectivity index (χ1v) is 9.36. The van der Waals surface area contributed by atoms with Crippen molar-refractivity contribution in [2.24, 2.45) is 0 Å². The molecule has 0 bridgehead atoms. The van der Waals surface area contributed by atoms with Gasteiger partial charge in [0.2, 0.25) is 11.8 Å². The molecule has 1 aromatic carbocycles. The molecular formula is C20H18F4N4O5. The Hall–Kier alpha value is -3.90. The van der Waals surface area contributed by atoms with E-state index in [9.17, 15) is 31.9 Å². The molecule has 1 fully saturated rings. The summed E-state index contributed by atoms with van der Waals surface area (Å²) in [6.45, 7) is 1.11. The fraction of sp³-hybridized carbons (Fsp3) is 0.300. The second kappa shape index (κ2) is 8.92. The molecule has 1 aliphatic heterocycles. The number of rotatable bonds is 5. The number of halogens is 4. The van der Waals surface area contributed by atoms with Crippen LogP contribution >= 0.6 is 0 Å². The van der Waals surface area contributed by atoms with E-state index in [-0.39, 0.29) is 29.8 Å².